The topological polar surface area (TPSA) is 111 Å². The fourth-order valence-electron chi connectivity index (χ4n) is 4.20. The number of aliphatic hydroxyl groups is 3. The first-order valence-corrected chi connectivity index (χ1v) is 12.4. The highest BCUT2D eigenvalue weighted by Crippen LogP contribution is 2.30. The van der Waals surface area contributed by atoms with Crippen molar-refractivity contribution >= 4 is 29.3 Å². The number of hydrogen-bond acceptors (Lipinski definition) is 7. The summed E-state index contributed by atoms with van der Waals surface area (Å²) in [5, 5.41) is 36.5. The molecule has 2 fully saturated rings. The molecule has 0 saturated carbocycles. The summed E-state index contributed by atoms with van der Waals surface area (Å²) in [4.78, 5) is 12.9. The van der Waals surface area contributed by atoms with Crippen molar-refractivity contribution in [2.24, 2.45) is 5.92 Å². The van der Waals surface area contributed by atoms with Gasteiger partial charge in [0.2, 0.25) is 5.91 Å². The molecule has 2 rings (SSSR count). The predicted molar refractivity (Wildman–Crippen MR) is 116 cm³/mol. The molecule has 7 nitrogen and oxygen atoms in total. The number of rotatable bonds is 8. The highest BCUT2D eigenvalue weighted by atomic mass is 35.5. The Balaban J connectivity index is 2.01. The van der Waals surface area contributed by atoms with Crippen molar-refractivity contribution in [2.45, 2.75) is 99.7 Å². The molecule has 9 heteroatoms. The predicted octanol–water partition coefficient (Wildman–Crippen LogP) is 1.22. The lowest BCUT2D eigenvalue weighted by Crippen LogP contribution is -2.65. The molecule has 9 atom stereocenters. The SMILES string of the molecule is CCCCC1CCNC(C(=O)NC(C(C)Cl)[C@H]2O[C@H](SC)[C@H](O)[C@@H](O)[C@H]2O)CC1. The smallest absolute Gasteiger partial charge is 0.237 e. The average molecular weight is 453 g/mol. The molecule has 0 aromatic heterocycles. The van der Waals surface area contributed by atoms with Crippen molar-refractivity contribution in [1.82, 2.24) is 10.6 Å². The van der Waals surface area contributed by atoms with Gasteiger partial charge in [-0.3, -0.25) is 4.79 Å². The molecule has 2 saturated heterocycles. The lowest BCUT2D eigenvalue weighted by atomic mass is 9.92. The minimum Gasteiger partial charge on any atom is -0.388 e. The molecule has 5 N–H and O–H groups in total. The largest absolute Gasteiger partial charge is 0.388 e. The molecule has 0 radical (unpaired) electrons. The third-order valence-corrected chi connectivity index (χ3v) is 7.21. The van der Waals surface area contributed by atoms with Gasteiger partial charge >= 0.3 is 0 Å². The number of halogens is 1. The molecule has 0 aromatic carbocycles. The van der Waals surface area contributed by atoms with Crippen LogP contribution in [0.3, 0.4) is 0 Å². The lowest BCUT2D eigenvalue weighted by Gasteiger charge is -2.44. The maximum absolute atomic E-state index is 12.9. The fraction of sp³-hybridized carbons (Fsp3) is 0.950. The van der Waals surface area contributed by atoms with Gasteiger partial charge in [0.1, 0.15) is 29.9 Å². The van der Waals surface area contributed by atoms with Gasteiger partial charge in [-0.1, -0.05) is 26.2 Å². The highest BCUT2D eigenvalue weighted by molar-refractivity contribution is 7.99. The van der Waals surface area contributed by atoms with E-state index in [1.165, 1.54) is 31.0 Å². The second-order valence-corrected chi connectivity index (χ2v) is 9.89. The van der Waals surface area contributed by atoms with E-state index in [9.17, 15) is 20.1 Å². The zero-order chi connectivity index (χ0) is 21.6. The first-order valence-electron chi connectivity index (χ1n) is 10.7. The van der Waals surface area contributed by atoms with E-state index in [1.807, 2.05) is 0 Å². The van der Waals surface area contributed by atoms with Crippen molar-refractivity contribution in [3.8, 4) is 0 Å². The van der Waals surface area contributed by atoms with E-state index >= 15 is 0 Å². The standard InChI is InChI=1S/C20H37ClN2O5S/c1-4-5-6-12-7-8-13(22-10-9-12)19(27)23-14(11(2)21)18-16(25)15(24)17(26)20(28-18)29-3/h11-18,20,22,24-26H,4-10H2,1-3H3,(H,23,27)/t11?,12?,13?,14?,15-,16+,17+,18+,20+/m0/s1. The van der Waals surface area contributed by atoms with Gasteiger partial charge in [0.25, 0.3) is 0 Å². The molecule has 0 spiro atoms. The minimum atomic E-state index is -1.36. The van der Waals surface area contributed by atoms with Crippen LogP contribution in [-0.2, 0) is 9.53 Å². The third kappa shape index (κ3) is 6.69. The Morgan fingerprint density at radius 2 is 1.97 bits per heavy atom. The van der Waals surface area contributed by atoms with Crippen LogP contribution in [-0.4, -0.2) is 81.3 Å². The van der Waals surface area contributed by atoms with Crippen molar-refractivity contribution in [2.75, 3.05) is 12.8 Å². The Hall–Kier alpha value is -0.0900. The van der Waals surface area contributed by atoms with Crippen LogP contribution in [0.1, 0.15) is 52.4 Å². The molecule has 0 aliphatic carbocycles. The number of aliphatic hydroxyl groups excluding tert-OH is 3. The van der Waals surface area contributed by atoms with Gasteiger partial charge in [0.05, 0.1) is 17.5 Å². The second kappa shape index (κ2) is 12.1. The second-order valence-electron chi connectivity index (χ2n) is 8.27. The van der Waals surface area contributed by atoms with Crippen LogP contribution in [0.5, 0.6) is 0 Å². The summed E-state index contributed by atoms with van der Waals surface area (Å²) in [6.45, 7) is 4.71. The monoisotopic (exact) mass is 452 g/mol. The summed E-state index contributed by atoms with van der Waals surface area (Å²) < 4.78 is 5.81. The van der Waals surface area contributed by atoms with Crippen LogP contribution >= 0.6 is 23.4 Å². The molecule has 2 heterocycles. The Morgan fingerprint density at radius 1 is 1.24 bits per heavy atom. The molecule has 29 heavy (non-hydrogen) atoms. The summed E-state index contributed by atoms with van der Waals surface area (Å²) in [5.41, 5.74) is -0.705. The van der Waals surface area contributed by atoms with E-state index < -0.39 is 41.3 Å². The molecular weight excluding hydrogens is 416 g/mol. The van der Waals surface area contributed by atoms with E-state index in [1.54, 1.807) is 13.2 Å². The van der Waals surface area contributed by atoms with Crippen molar-refractivity contribution < 1.29 is 24.9 Å². The number of carbonyl (C=O) groups excluding carboxylic acids is 1. The number of hydrogen-bond donors (Lipinski definition) is 5. The minimum absolute atomic E-state index is 0.171. The molecule has 4 unspecified atom stereocenters. The number of amides is 1. The van der Waals surface area contributed by atoms with E-state index in [4.69, 9.17) is 16.3 Å². The maximum Gasteiger partial charge on any atom is 0.237 e. The maximum atomic E-state index is 12.9. The van der Waals surface area contributed by atoms with Gasteiger partial charge in [-0.05, 0) is 44.9 Å². The van der Waals surface area contributed by atoms with Gasteiger partial charge in [0.15, 0.2) is 0 Å². The van der Waals surface area contributed by atoms with E-state index in [0.717, 1.165) is 25.8 Å². The number of carbonyl (C=O) groups is 1. The van der Waals surface area contributed by atoms with E-state index in [0.29, 0.717) is 5.92 Å². The Kier molecular flexibility index (Phi) is 10.5. The summed E-state index contributed by atoms with van der Waals surface area (Å²) in [6, 6.07) is -1.01. The Labute approximate surface area is 183 Å². The Morgan fingerprint density at radius 3 is 2.59 bits per heavy atom. The van der Waals surface area contributed by atoms with Gasteiger partial charge in [-0.2, -0.15) is 0 Å². The quantitative estimate of drug-likeness (QED) is 0.352. The highest BCUT2D eigenvalue weighted by Gasteiger charge is 2.48. The van der Waals surface area contributed by atoms with Gasteiger partial charge < -0.3 is 30.7 Å². The van der Waals surface area contributed by atoms with Crippen LogP contribution in [0.25, 0.3) is 0 Å². The summed E-state index contributed by atoms with van der Waals surface area (Å²) >= 11 is 7.57. The van der Waals surface area contributed by atoms with Crippen LogP contribution in [0.4, 0.5) is 0 Å². The lowest BCUT2D eigenvalue weighted by molar-refractivity contribution is -0.205. The first kappa shape index (κ1) is 25.2. The zero-order valence-electron chi connectivity index (χ0n) is 17.6. The summed E-state index contributed by atoms with van der Waals surface area (Å²) in [5.74, 6) is 0.473. The molecular formula is C20H37ClN2O5S. The van der Waals surface area contributed by atoms with Crippen LogP contribution in [0, 0.1) is 5.92 Å². The van der Waals surface area contributed by atoms with Crippen LogP contribution < -0.4 is 10.6 Å². The fourth-order valence-corrected chi connectivity index (χ4v) is 5.09. The average Bonchev–Trinajstić information content (AvgIpc) is 2.95. The molecule has 0 bridgehead atoms. The first-order chi connectivity index (χ1) is 13.8. The number of alkyl halides is 1. The third-order valence-electron chi connectivity index (χ3n) is 6.09. The molecule has 2 aliphatic rings. The van der Waals surface area contributed by atoms with Crippen molar-refractivity contribution in [3.63, 3.8) is 0 Å². The van der Waals surface area contributed by atoms with Crippen molar-refractivity contribution in [3.05, 3.63) is 0 Å². The molecule has 0 aromatic rings. The Bertz CT molecular complexity index is 513. The summed E-state index contributed by atoms with van der Waals surface area (Å²) in [7, 11) is 0. The molecule has 170 valence electrons. The van der Waals surface area contributed by atoms with Gasteiger partial charge in [-0.15, -0.1) is 23.4 Å². The van der Waals surface area contributed by atoms with Crippen molar-refractivity contribution in [1.29, 1.82) is 0 Å². The van der Waals surface area contributed by atoms with Gasteiger partial charge in [0, 0.05) is 0 Å². The molecule has 1 amide bonds. The van der Waals surface area contributed by atoms with E-state index in [-0.39, 0.29) is 11.9 Å². The number of nitrogens with one attached hydrogen (secondary N) is 2. The zero-order valence-corrected chi connectivity index (χ0v) is 19.2. The number of unbranched alkanes of at least 4 members (excludes halogenated alkanes) is 1. The number of ether oxygens (including phenoxy) is 1. The molecule has 2 aliphatic heterocycles. The number of thioether (sulfide) groups is 1. The van der Waals surface area contributed by atoms with Crippen LogP contribution in [0.15, 0.2) is 0 Å². The van der Waals surface area contributed by atoms with Gasteiger partial charge in [-0.25, -0.2) is 0 Å². The van der Waals surface area contributed by atoms with E-state index in [2.05, 4.69) is 17.6 Å². The van der Waals surface area contributed by atoms with Crippen LogP contribution in [0.2, 0.25) is 0 Å². The normalized spacial score (nSPS) is 38.1. The summed E-state index contributed by atoms with van der Waals surface area (Å²) in [6.07, 6.45) is 3.36.